The fourth-order valence-corrected chi connectivity index (χ4v) is 10.9. The largest absolute Gasteiger partial charge is 0.508 e. The van der Waals surface area contributed by atoms with Crippen molar-refractivity contribution in [1.82, 2.24) is 0 Å². The standard InChI is InChI=1S/C62H44O4/c63-49-29-21-45(22-30-49)61(57-13-5-1-9-53(57)54-10-2-6-14-58(54)61)47-25-33-51(34-26-47)65-39-41-17-19-44-38-42(18-20-43(44)37-41)40-66-52-35-27-48(28-36-52)62(46-23-31-50(64)32-24-46)59-15-7-3-11-55(59)56-12-4-8-16-60(56)62/h1-38,63-64H,39-40H2. The minimum atomic E-state index is -0.540. The number of ether oxygens (including phenoxy) is 2. The summed E-state index contributed by atoms with van der Waals surface area (Å²) in [4.78, 5) is 0. The van der Waals surface area contributed by atoms with E-state index in [-0.39, 0.29) is 11.5 Å². The Kier molecular flexibility index (Phi) is 9.35. The van der Waals surface area contributed by atoms with Crippen LogP contribution in [0.25, 0.3) is 33.0 Å². The number of aromatic hydroxyl groups is 2. The Hall–Kier alpha value is -8.34. The molecule has 0 aliphatic heterocycles. The minimum Gasteiger partial charge on any atom is -0.508 e. The van der Waals surface area contributed by atoms with Crippen molar-refractivity contribution in [1.29, 1.82) is 0 Å². The van der Waals surface area contributed by atoms with Crippen molar-refractivity contribution in [2.45, 2.75) is 24.0 Å². The molecule has 0 radical (unpaired) electrons. The lowest BCUT2D eigenvalue weighted by Crippen LogP contribution is -2.28. The number of hydrogen-bond acceptors (Lipinski definition) is 4. The molecule has 0 saturated heterocycles. The Morgan fingerprint density at radius 2 is 0.591 bits per heavy atom. The van der Waals surface area contributed by atoms with E-state index in [2.05, 4.69) is 182 Å². The minimum absolute atomic E-state index is 0.248. The van der Waals surface area contributed by atoms with E-state index in [0.717, 1.165) is 55.7 Å². The summed E-state index contributed by atoms with van der Waals surface area (Å²) < 4.78 is 12.8. The molecule has 2 N–H and O–H groups in total. The van der Waals surface area contributed by atoms with Crippen molar-refractivity contribution in [3.8, 4) is 45.3 Å². The Morgan fingerprint density at radius 1 is 0.303 bits per heavy atom. The molecule has 10 aromatic carbocycles. The molecule has 12 rings (SSSR count). The van der Waals surface area contributed by atoms with Crippen molar-refractivity contribution in [3.05, 3.63) is 286 Å². The lowest BCUT2D eigenvalue weighted by Gasteiger charge is -2.34. The first-order chi connectivity index (χ1) is 32.5. The van der Waals surface area contributed by atoms with Gasteiger partial charge < -0.3 is 19.7 Å². The summed E-state index contributed by atoms with van der Waals surface area (Å²) in [5.74, 6) is 2.10. The van der Waals surface area contributed by atoms with E-state index >= 15 is 0 Å². The SMILES string of the molecule is Oc1ccc(C2(c3ccc(OCc4ccc5cc(COc6ccc(C7(c8ccc(O)cc8)c8ccccc8-c8ccccc87)cc6)ccc5c4)cc3)c3ccccc3-c3ccccc32)cc1. The molecular weight excluding hydrogens is 809 g/mol. The van der Waals surface area contributed by atoms with Crippen LogP contribution in [0.4, 0.5) is 0 Å². The predicted octanol–water partition coefficient (Wildman–Crippen LogP) is 14.1. The molecule has 316 valence electrons. The zero-order valence-electron chi connectivity index (χ0n) is 36.1. The maximum Gasteiger partial charge on any atom is 0.119 e. The predicted molar refractivity (Wildman–Crippen MR) is 263 cm³/mol. The molecule has 0 amide bonds. The van der Waals surface area contributed by atoms with Gasteiger partial charge in [-0.2, -0.15) is 0 Å². The molecule has 10 aromatic rings. The van der Waals surface area contributed by atoms with Gasteiger partial charge in [0, 0.05) is 0 Å². The van der Waals surface area contributed by atoms with E-state index in [1.54, 1.807) is 24.3 Å². The van der Waals surface area contributed by atoms with Gasteiger partial charge in [-0.1, -0.05) is 170 Å². The normalized spacial score (nSPS) is 13.6. The molecule has 2 aliphatic carbocycles. The van der Waals surface area contributed by atoms with E-state index < -0.39 is 10.8 Å². The van der Waals surface area contributed by atoms with Crippen LogP contribution in [0.5, 0.6) is 23.0 Å². The third-order valence-corrected chi connectivity index (χ3v) is 13.9. The van der Waals surface area contributed by atoms with Gasteiger partial charge in [0.25, 0.3) is 0 Å². The zero-order chi connectivity index (χ0) is 44.2. The van der Waals surface area contributed by atoms with E-state index in [0.29, 0.717) is 13.2 Å². The smallest absolute Gasteiger partial charge is 0.119 e. The summed E-state index contributed by atoms with van der Waals surface area (Å²) >= 11 is 0. The van der Waals surface area contributed by atoms with Gasteiger partial charge >= 0.3 is 0 Å². The van der Waals surface area contributed by atoms with Crippen LogP contribution in [-0.4, -0.2) is 10.2 Å². The van der Waals surface area contributed by atoms with Crippen LogP contribution in [0.1, 0.15) is 55.6 Å². The molecule has 4 heteroatoms. The van der Waals surface area contributed by atoms with Crippen LogP contribution in [-0.2, 0) is 24.0 Å². The first kappa shape index (κ1) is 39.3. The fourth-order valence-electron chi connectivity index (χ4n) is 10.9. The Bertz CT molecular complexity index is 3100. The monoisotopic (exact) mass is 852 g/mol. The highest BCUT2D eigenvalue weighted by Crippen LogP contribution is 2.57. The molecule has 0 heterocycles. The van der Waals surface area contributed by atoms with Crippen LogP contribution < -0.4 is 9.47 Å². The van der Waals surface area contributed by atoms with Crippen LogP contribution in [0, 0.1) is 0 Å². The number of phenolic OH excluding ortho intramolecular Hbond substituents is 2. The van der Waals surface area contributed by atoms with Crippen molar-refractivity contribution in [2.24, 2.45) is 0 Å². The van der Waals surface area contributed by atoms with E-state index in [9.17, 15) is 10.2 Å². The number of benzene rings is 10. The van der Waals surface area contributed by atoms with Gasteiger partial charge in [-0.3, -0.25) is 0 Å². The van der Waals surface area contributed by atoms with Gasteiger partial charge in [-0.25, -0.2) is 0 Å². The van der Waals surface area contributed by atoms with Crippen LogP contribution in [0.2, 0.25) is 0 Å². The van der Waals surface area contributed by atoms with Crippen LogP contribution in [0.3, 0.4) is 0 Å². The molecule has 0 atom stereocenters. The average molecular weight is 853 g/mol. The maximum absolute atomic E-state index is 10.3. The van der Waals surface area contributed by atoms with Gasteiger partial charge in [0.15, 0.2) is 0 Å². The number of phenols is 2. The lowest BCUT2D eigenvalue weighted by molar-refractivity contribution is 0.306. The summed E-state index contributed by atoms with van der Waals surface area (Å²) in [6, 6.07) is 79.9. The number of hydrogen-bond donors (Lipinski definition) is 2. The molecule has 66 heavy (non-hydrogen) atoms. The summed E-state index contributed by atoms with van der Waals surface area (Å²) in [7, 11) is 0. The fraction of sp³-hybridized carbons (Fsp3) is 0.0645. The topological polar surface area (TPSA) is 58.9 Å². The molecule has 0 bridgehead atoms. The van der Waals surface area contributed by atoms with Gasteiger partial charge in [0.05, 0.1) is 10.8 Å². The number of rotatable bonds is 10. The molecule has 0 aromatic heterocycles. The van der Waals surface area contributed by atoms with Gasteiger partial charge in [-0.05, 0) is 149 Å². The van der Waals surface area contributed by atoms with Crippen molar-refractivity contribution in [2.75, 3.05) is 0 Å². The second-order valence-electron chi connectivity index (χ2n) is 17.4. The van der Waals surface area contributed by atoms with Gasteiger partial charge in [0.2, 0.25) is 0 Å². The van der Waals surface area contributed by atoms with Crippen LogP contribution in [0.15, 0.2) is 231 Å². The lowest BCUT2D eigenvalue weighted by atomic mass is 9.68. The Morgan fingerprint density at radius 3 is 0.909 bits per heavy atom. The first-order valence-electron chi connectivity index (χ1n) is 22.5. The third-order valence-electron chi connectivity index (χ3n) is 13.9. The molecular formula is C62H44O4. The summed E-state index contributed by atoms with van der Waals surface area (Å²) in [6.07, 6.45) is 0. The molecule has 0 spiro atoms. The highest BCUT2D eigenvalue weighted by atomic mass is 16.5. The highest BCUT2D eigenvalue weighted by Gasteiger charge is 2.47. The number of fused-ring (bicyclic) bond motifs is 7. The van der Waals surface area contributed by atoms with Crippen molar-refractivity contribution >= 4 is 10.8 Å². The molecule has 4 nitrogen and oxygen atoms in total. The second-order valence-corrected chi connectivity index (χ2v) is 17.4. The third kappa shape index (κ3) is 6.21. The molecule has 0 fully saturated rings. The quantitative estimate of drug-likeness (QED) is 0.144. The second kappa shape index (κ2) is 15.7. The molecule has 0 saturated carbocycles. The van der Waals surface area contributed by atoms with Crippen LogP contribution >= 0.6 is 0 Å². The Labute approximate surface area is 384 Å². The summed E-state index contributed by atoms with van der Waals surface area (Å²) in [5.41, 5.74) is 15.4. The highest BCUT2D eigenvalue weighted by molar-refractivity contribution is 5.88. The average Bonchev–Trinajstić information content (AvgIpc) is 3.85. The van der Waals surface area contributed by atoms with Crippen molar-refractivity contribution in [3.63, 3.8) is 0 Å². The van der Waals surface area contributed by atoms with Crippen molar-refractivity contribution < 1.29 is 19.7 Å². The maximum atomic E-state index is 10.3. The van der Waals surface area contributed by atoms with E-state index in [4.69, 9.17) is 9.47 Å². The first-order valence-corrected chi connectivity index (χ1v) is 22.5. The van der Waals surface area contributed by atoms with Gasteiger partial charge in [0.1, 0.15) is 36.2 Å². The summed E-state index contributed by atoms with van der Waals surface area (Å²) in [6.45, 7) is 0.881. The molecule has 0 unspecified atom stereocenters. The zero-order valence-corrected chi connectivity index (χ0v) is 36.1. The van der Waals surface area contributed by atoms with E-state index in [1.807, 2.05) is 24.3 Å². The van der Waals surface area contributed by atoms with Gasteiger partial charge in [-0.15, -0.1) is 0 Å². The summed E-state index contributed by atoms with van der Waals surface area (Å²) in [5, 5.41) is 22.8. The molecule has 2 aliphatic rings. The van der Waals surface area contributed by atoms with E-state index in [1.165, 1.54) is 44.5 Å². The Balaban J connectivity index is 0.757.